The Bertz CT molecular complexity index is 310. The highest BCUT2D eigenvalue weighted by molar-refractivity contribution is 9.09. The quantitative estimate of drug-likeness (QED) is 0.829. The lowest BCUT2D eigenvalue weighted by Crippen LogP contribution is -2.06. The third-order valence-electron chi connectivity index (χ3n) is 1.93. The Morgan fingerprint density at radius 3 is 2.69 bits per heavy atom. The van der Waals surface area contributed by atoms with Crippen molar-refractivity contribution < 1.29 is 9.90 Å². The molecule has 0 saturated heterocycles. The van der Waals surface area contributed by atoms with Crippen LogP contribution in [0.3, 0.4) is 0 Å². The Labute approximate surface area is 85.7 Å². The van der Waals surface area contributed by atoms with Crippen LogP contribution in [0.25, 0.3) is 0 Å². The molecular weight excluding hydrogens is 232 g/mol. The monoisotopic (exact) mass is 242 g/mol. The molecule has 0 aromatic heterocycles. The molecule has 13 heavy (non-hydrogen) atoms. The summed E-state index contributed by atoms with van der Waals surface area (Å²) in [6.07, 6.45) is 0.853. The van der Waals surface area contributed by atoms with Crippen molar-refractivity contribution in [3.05, 3.63) is 35.4 Å². The summed E-state index contributed by atoms with van der Waals surface area (Å²) in [7, 11) is 0. The maximum absolute atomic E-state index is 10.7. The van der Waals surface area contributed by atoms with Gasteiger partial charge in [-0.1, -0.05) is 47.1 Å². The van der Waals surface area contributed by atoms with Crippen molar-refractivity contribution in [3.63, 3.8) is 0 Å². The average molecular weight is 243 g/mol. The second-order valence-electron chi connectivity index (χ2n) is 2.75. The molecule has 0 amide bonds. The van der Waals surface area contributed by atoms with E-state index in [4.69, 9.17) is 5.11 Å². The highest BCUT2D eigenvalue weighted by Gasteiger charge is 2.17. The van der Waals surface area contributed by atoms with Crippen LogP contribution in [0.15, 0.2) is 24.3 Å². The summed E-state index contributed by atoms with van der Waals surface area (Å²) in [4.78, 5) is 10.1. The van der Waals surface area contributed by atoms with E-state index >= 15 is 0 Å². The van der Waals surface area contributed by atoms with Crippen LogP contribution in [0.4, 0.5) is 0 Å². The van der Waals surface area contributed by atoms with Gasteiger partial charge in [-0.2, -0.15) is 0 Å². The molecule has 2 nitrogen and oxygen atoms in total. The highest BCUT2D eigenvalue weighted by atomic mass is 79.9. The summed E-state index contributed by atoms with van der Waals surface area (Å²) < 4.78 is 0. The zero-order chi connectivity index (χ0) is 9.84. The first-order chi connectivity index (χ1) is 6.16. The predicted octanol–water partition coefficient (Wildman–Crippen LogP) is 2.77. The molecule has 0 aliphatic rings. The van der Waals surface area contributed by atoms with Gasteiger partial charge in [0.1, 0.15) is 4.83 Å². The number of carboxylic acid groups (broad SMARTS) is 1. The SMILES string of the molecule is CCc1ccccc1C(Br)C(=O)O. The average Bonchev–Trinajstić information content (AvgIpc) is 2.16. The van der Waals surface area contributed by atoms with Crippen LogP contribution < -0.4 is 0 Å². The van der Waals surface area contributed by atoms with E-state index in [0.717, 1.165) is 17.5 Å². The molecule has 0 aliphatic carbocycles. The zero-order valence-electron chi connectivity index (χ0n) is 7.33. The molecular formula is C10H11BrO2. The van der Waals surface area contributed by atoms with Crippen molar-refractivity contribution in [2.75, 3.05) is 0 Å². The number of aryl methyl sites for hydroxylation is 1. The molecule has 0 heterocycles. The first-order valence-corrected chi connectivity index (χ1v) is 5.03. The third kappa shape index (κ3) is 2.31. The minimum atomic E-state index is -0.846. The number of carboxylic acids is 1. The van der Waals surface area contributed by atoms with Crippen LogP contribution in [0.2, 0.25) is 0 Å². The van der Waals surface area contributed by atoms with E-state index in [1.54, 1.807) is 0 Å². The Hall–Kier alpha value is -0.830. The topological polar surface area (TPSA) is 37.3 Å². The van der Waals surface area contributed by atoms with Crippen molar-refractivity contribution in [3.8, 4) is 0 Å². The molecule has 3 heteroatoms. The highest BCUT2D eigenvalue weighted by Crippen LogP contribution is 2.26. The molecule has 1 N–H and O–H groups in total. The maximum Gasteiger partial charge on any atom is 0.321 e. The Morgan fingerprint density at radius 2 is 2.15 bits per heavy atom. The van der Waals surface area contributed by atoms with E-state index in [1.165, 1.54) is 0 Å². The molecule has 1 atom stereocenters. The standard InChI is InChI=1S/C10H11BrO2/c1-2-7-5-3-4-6-8(7)9(11)10(12)13/h3-6,9H,2H2,1H3,(H,12,13). The van der Waals surface area contributed by atoms with Crippen LogP contribution in [0.1, 0.15) is 22.9 Å². The van der Waals surface area contributed by atoms with Gasteiger partial charge >= 0.3 is 5.97 Å². The smallest absolute Gasteiger partial charge is 0.321 e. The van der Waals surface area contributed by atoms with Crippen LogP contribution in [-0.4, -0.2) is 11.1 Å². The zero-order valence-corrected chi connectivity index (χ0v) is 8.91. The molecule has 0 bridgehead atoms. The second-order valence-corrected chi connectivity index (χ2v) is 3.67. The van der Waals surface area contributed by atoms with Gasteiger partial charge in [0.25, 0.3) is 0 Å². The fourth-order valence-corrected chi connectivity index (χ4v) is 1.68. The van der Waals surface area contributed by atoms with Crippen LogP contribution in [-0.2, 0) is 11.2 Å². The van der Waals surface area contributed by atoms with Gasteiger partial charge in [-0.3, -0.25) is 4.79 Å². The first-order valence-electron chi connectivity index (χ1n) is 4.11. The number of carbonyl (C=O) groups is 1. The lowest BCUT2D eigenvalue weighted by Gasteiger charge is -2.09. The normalized spacial score (nSPS) is 12.5. The van der Waals surface area contributed by atoms with Crippen molar-refractivity contribution in [2.24, 2.45) is 0 Å². The molecule has 1 aromatic rings. The van der Waals surface area contributed by atoms with Crippen molar-refractivity contribution in [1.82, 2.24) is 0 Å². The van der Waals surface area contributed by atoms with Gasteiger partial charge in [0.2, 0.25) is 0 Å². The van der Waals surface area contributed by atoms with E-state index in [1.807, 2.05) is 31.2 Å². The summed E-state index contributed by atoms with van der Waals surface area (Å²) in [5.41, 5.74) is 1.92. The maximum atomic E-state index is 10.7. The van der Waals surface area contributed by atoms with E-state index in [-0.39, 0.29) is 0 Å². The van der Waals surface area contributed by atoms with Gasteiger partial charge in [-0.15, -0.1) is 0 Å². The van der Waals surface area contributed by atoms with Gasteiger partial charge in [-0.25, -0.2) is 0 Å². The van der Waals surface area contributed by atoms with Gasteiger partial charge in [-0.05, 0) is 17.5 Å². The summed E-state index contributed by atoms with van der Waals surface area (Å²) in [6.45, 7) is 2.01. The van der Waals surface area contributed by atoms with Gasteiger partial charge in [0.15, 0.2) is 0 Å². The van der Waals surface area contributed by atoms with Crippen molar-refractivity contribution in [1.29, 1.82) is 0 Å². The van der Waals surface area contributed by atoms with E-state index < -0.39 is 10.8 Å². The fraction of sp³-hybridized carbons (Fsp3) is 0.300. The minimum absolute atomic E-state index is 0.594. The van der Waals surface area contributed by atoms with Gasteiger partial charge in [0.05, 0.1) is 0 Å². The fourth-order valence-electron chi connectivity index (χ4n) is 1.24. The van der Waals surface area contributed by atoms with Crippen molar-refractivity contribution in [2.45, 2.75) is 18.2 Å². The number of benzene rings is 1. The first kappa shape index (κ1) is 10.3. The summed E-state index contributed by atoms with van der Waals surface area (Å²) in [6, 6.07) is 7.56. The molecule has 0 radical (unpaired) electrons. The Kier molecular flexibility index (Phi) is 3.48. The third-order valence-corrected chi connectivity index (χ3v) is 2.81. The molecule has 0 aliphatic heterocycles. The lowest BCUT2D eigenvalue weighted by molar-refractivity contribution is -0.136. The minimum Gasteiger partial charge on any atom is -0.480 e. The Morgan fingerprint density at radius 1 is 1.54 bits per heavy atom. The van der Waals surface area contributed by atoms with E-state index in [0.29, 0.717) is 0 Å². The van der Waals surface area contributed by atoms with E-state index in [2.05, 4.69) is 15.9 Å². The molecule has 1 rings (SSSR count). The Balaban J connectivity index is 3.05. The molecule has 1 unspecified atom stereocenters. The van der Waals surface area contributed by atoms with Crippen LogP contribution >= 0.6 is 15.9 Å². The number of rotatable bonds is 3. The molecule has 0 saturated carbocycles. The summed E-state index contributed by atoms with van der Waals surface area (Å²) >= 11 is 3.14. The number of hydrogen-bond acceptors (Lipinski definition) is 1. The number of halogens is 1. The summed E-state index contributed by atoms with van der Waals surface area (Å²) in [5.74, 6) is -0.846. The number of aliphatic carboxylic acids is 1. The molecule has 70 valence electrons. The molecule has 0 fully saturated rings. The van der Waals surface area contributed by atoms with E-state index in [9.17, 15) is 4.79 Å². The summed E-state index contributed by atoms with van der Waals surface area (Å²) in [5, 5.41) is 8.81. The largest absolute Gasteiger partial charge is 0.480 e. The van der Waals surface area contributed by atoms with Gasteiger partial charge < -0.3 is 5.11 Å². The molecule has 0 spiro atoms. The van der Waals surface area contributed by atoms with Gasteiger partial charge in [0, 0.05) is 0 Å². The predicted molar refractivity (Wildman–Crippen MR) is 55.1 cm³/mol. The number of alkyl halides is 1. The van der Waals surface area contributed by atoms with Crippen molar-refractivity contribution >= 4 is 21.9 Å². The molecule has 1 aromatic carbocycles. The second kappa shape index (κ2) is 4.42. The number of hydrogen-bond donors (Lipinski definition) is 1. The van der Waals surface area contributed by atoms with Crippen LogP contribution in [0.5, 0.6) is 0 Å². The lowest BCUT2D eigenvalue weighted by atomic mass is 10.0. The van der Waals surface area contributed by atoms with Crippen LogP contribution in [0, 0.1) is 0 Å².